The topological polar surface area (TPSA) is 54.0 Å². The standard InChI is InChI=1S/C11H5F17O5/c1-30-3(29)31-2-4(12,7(16,17)18)32-11(27,28)6(15,9(22,23)24)33-10(25,26)5(13,14)8(19,20)21/h2H2,1H3. The highest BCUT2D eigenvalue weighted by Crippen LogP contribution is 2.56. The molecule has 198 valence electrons. The van der Waals surface area contributed by atoms with Gasteiger partial charge in [0.25, 0.3) is 0 Å². The fraction of sp³-hybridized carbons (Fsp3) is 0.909. The van der Waals surface area contributed by atoms with Crippen molar-refractivity contribution in [1.29, 1.82) is 0 Å². The van der Waals surface area contributed by atoms with E-state index >= 15 is 0 Å². The van der Waals surface area contributed by atoms with Crippen LogP contribution in [0.4, 0.5) is 79.4 Å². The molecule has 0 aliphatic heterocycles. The third kappa shape index (κ3) is 5.93. The van der Waals surface area contributed by atoms with Crippen molar-refractivity contribution in [3.05, 3.63) is 0 Å². The molecule has 22 heteroatoms. The predicted molar refractivity (Wildman–Crippen MR) is 61.2 cm³/mol. The summed E-state index contributed by atoms with van der Waals surface area (Å²) in [6.45, 7) is -3.25. The van der Waals surface area contributed by atoms with Gasteiger partial charge in [0.2, 0.25) is 0 Å². The Morgan fingerprint density at radius 3 is 1.33 bits per heavy atom. The summed E-state index contributed by atoms with van der Waals surface area (Å²) in [5.41, 5.74) is 0. The lowest BCUT2D eigenvalue weighted by molar-refractivity contribution is -0.552. The summed E-state index contributed by atoms with van der Waals surface area (Å²) in [5.74, 6) is -22.3. The predicted octanol–water partition coefficient (Wildman–Crippen LogP) is 5.64. The van der Waals surface area contributed by atoms with E-state index in [1.54, 1.807) is 0 Å². The van der Waals surface area contributed by atoms with Crippen molar-refractivity contribution in [2.45, 2.75) is 48.4 Å². The van der Waals surface area contributed by atoms with Crippen LogP contribution in [0.1, 0.15) is 0 Å². The van der Waals surface area contributed by atoms with Gasteiger partial charge >= 0.3 is 54.5 Å². The third-order valence-corrected chi connectivity index (χ3v) is 2.98. The Morgan fingerprint density at radius 1 is 0.606 bits per heavy atom. The Hall–Kier alpha value is -2.00. The van der Waals surface area contributed by atoms with E-state index in [-0.39, 0.29) is 0 Å². The Balaban J connectivity index is 6.55. The van der Waals surface area contributed by atoms with Crippen LogP contribution < -0.4 is 0 Å². The minimum Gasteiger partial charge on any atom is -0.438 e. The maximum atomic E-state index is 13.8. The van der Waals surface area contributed by atoms with E-state index in [9.17, 15) is 79.4 Å². The smallest absolute Gasteiger partial charge is 0.438 e. The van der Waals surface area contributed by atoms with E-state index in [1.807, 2.05) is 4.74 Å². The molecule has 0 bridgehead atoms. The monoisotopic (exact) mass is 540 g/mol. The van der Waals surface area contributed by atoms with Crippen LogP contribution >= 0.6 is 0 Å². The molecule has 0 fully saturated rings. The molecular formula is C11H5F17O5. The molecule has 0 aliphatic carbocycles. The average molecular weight is 540 g/mol. The van der Waals surface area contributed by atoms with E-state index in [0.717, 1.165) is 0 Å². The first-order valence-electron chi connectivity index (χ1n) is 6.94. The second-order valence-electron chi connectivity index (χ2n) is 5.37. The minimum atomic E-state index is -7.99. The van der Waals surface area contributed by atoms with Crippen LogP contribution in [0.2, 0.25) is 0 Å². The van der Waals surface area contributed by atoms with Gasteiger partial charge in [0, 0.05) is 0 Å². The maximum Gasteiger partial charge on any atom is 0.508 e. The van der Waals surface area contributed by atoms with Crippen molar-refractivity contribution in [3.63, 3.8) is 0 Å². The molecule has 2 unspecified atom stereocenters. The molecule has 2 atom stereocenters. The highest BCUT2D eigenvalue weighted by atomic mass is 19.4. The zero-order chi connectivity index (χ0) is 27.1. The zero-order valence-electron chi connectivity index (χ0n) is 14.7. The lowest BCUT2D eigenvalue weighted by Crippen LogP contribution is -2.67. The average Bonchev–Trinajstić information content (AvgIpc) is 2.55. The highest BCUT2D eigenvalue weighted by molar-refractivity contribution is 5.59. The number of alkyl halides is 17. The van der Waals surface area contributed by atoms with Crippen LogP contribution in [0.5, 0.6) is 0 Å². The summed E-state index contributed by atoms with van der Waals surface area (Å²) in [6, 6.07) is 0. The Labute approximate surface area is 168 Å². The number of hydrogen-bond acceptors (Lipinski definition) is 5. The summed E-state index contributed by atoms with van der Waals surface area (Å²) in [6.07, 6.45) is -40.6. The zero-order valence-corrected chi connectivity index (χ0v) is 14.7. The molecule has 0 aromatic rings. The first kappa shape index (κ1) is 31.0. The number of methoxy groups -OCH3 is 1. The Kier molecular flexibility index (Phi) is 8.13. The Bertz CT molecular complexity index is 697. The largest absolute Gasteiger partial charge is 0.508 e. The molecule has 0 rings (SSSR count). The highest BCUT2D eigenvalue weighted by Gasteiger charge is 2.85. The summed E-state index contributed by atoms with van der Waals surface area (Å²) in [5, 5.41) is 0. The van der Waals surface area contributed by atoms with Gasteiger partial charge in [0.1, 0.15) is 0 Å². The molecular weight excluding hydrogens is 535 g/mol. The maximum absolute atomic E-state index is 13.8. The van der Waals surface area contributed by atoms with Gasteiger partial charge in [0.05, 0.1) is 7.11 Å². The summed E-state index contributed by atoms with van der Waals surface area (Å²) >= 11 is 0. The van der Waals surface area contributed by atoms with Gasteiger partial charge < -0.3 is 9.47 Å². The van der Waals surface area contributed by atoms with Crippen molar-refractivity contribution in [2.24, 2.45) is 0 Å². The van der Waals surface area contributed by atoms with Crippen LogP contribution in [0.25, 0.3) is 0 Å². The first-order chi connectivity index (χ1) is 14.1. The van der Waals surface area contributed by atoms with Crippen LogP contribution in [-0.4, -0.2) is 68.3 Å². The fourth-order valence-corrected chi connectivity index (χ4v) is 1.34. The van der Waals surface area contributed by atoms with E-state index in [2.05, 4.69) is 9.47 Å². The second-order valence-corrected chi connectivity index (χ2v) is 5.37. The lowest BCUT2D eigenvalue weighted by atomic mass is 10.2. The molecule has 0 aromatic carbocycles. The molecule has 0 amide bonds. The van der Waals surface area contributed by atoms with Gasteiger partial charge in [-0.1, -0.05) is 0 Å². The van der Waals surface area contributed by atoms with Crippen molar-refractivity contribution in [2.75, 3.05) is 13.7 Å². The number of carbonyl (C=O) groups is 1. The normalized spacial score (nSPS) is 18.4. The van der Waals surface area contributed by atoms with E-state index in [1.165, 1.54) is 4.74 Å². The number of halogens is 17. The third-order valence-electron chi connectivity index (χ3n) is 2.98. The summed E-state index contributed by atoms with van der Waals surface area (Å²) in [7, 11) is 0.304. The molecule has 0 heterocycles. The molecule has 33 heavy (non-hydrogen) atoms. The van der Waals surface area contributed by atoms with E-state index in [4.69, 9.17) is 0 Å². The molecule has 0 saturated heterocycles. The van der Waals surface area contributed by atoms with Crippen molar-refractivity contribution < 1.29 is 98.4 Å². The van der Waals surface area contributed by atoms with Crippen LogP contribution in [0, 0.1) is 0 Å². The van der Waals surface area contributed by atoms with Crippen molar-refractivity contribution in [1.82, 2.24) is 0 Å². The van der Waals surface area contributed by atoms with E-state index < -0.39 is 61.1 Å². The quantitative estimate of drug-likeness (QED) is 0.295. The molecule has 0 saturated carbocycles. The SMILES string of the molecule is COC(=O)OCC(F)(OC(F)(F)C(F)(OC(F)(F)C(F)(F)C(F)(F)F)C(F)(F)F)C(F)(F)F. The summed E-state index contributed by atoms with van der Waals surface area (Å²) in [4.78, 5) is 10.5. The van der Waals surface area contributed by atoms with Gasteiger partial charge in [-0.2, -0.15) is 74.6 Å². The van der Waals surface area contributed by atoms with Crippen molar-refractivity contribution >= 4 is 6.16 Å². The fourth-order valence-electron chi connectivity index (χ4n) is 1.34. The first-order valence-corrected chi connectivity index (χ1v) is 6.94. The van der Waals surface area contributed by atoms with Crippen LogP contribution in [0.15, 0.2) is 0 Å². The molecule has 0 spiro atoms. The molecule has 0 aliphatic rings. The molecule has 0 radical (unpaired) electrons. The number of hydrogen-bond donors (Lipinski definition) is 0. The van der Waals surface area contributed by atoms with Gasteiger partial charge in [-0.15, -0.1) is 0 Å². The van der Waals surface area contributed by atoms with Gasteiger partial charge in [-0.3, -0.25) is 9.47 Å². The number of carbonyl (C=O) groups excluding carboxylic acids is 1. The number of rotatable bonds is 8. The van der Waals surface area contributed by atoms with Gasteiger partial charge in [0.15, 0.2) is 6.61 Å². The molecule has 0 N–H and O–H groups in total. The second kappa shape index (κ2) is 8.65. The van der Waals surface area contributed by atoms with Crippen LogP contribution in [-0.2, 0) is 18.9 Å². The number of ether oxygens (including phenoxy) is 4. The van der Waals surface area contributed by atoms with Gasteiger partial charge in [-0.25, -0.2) is 4.79 Å². The summed E-state index contributed by atoms with van der Waals surface area (Å²) < 4.78 is 227. The van der Waals surface area contributed by atoms with E-state index in [0.29, 0.717) is 7.11 Å². The minimum absolute atomic E-state index is 0.304. The molecule has 0 aromatic heterocycles. The Morgan fingerprint density at radius 2 is 1.03 bits per heavy atom. The van der Waals surface area contributed by atoms with Crippen molar-refractivity contribution in [3.8, 4) is 0 Å². The van der Waals surface area contributed by atoms with Gasteiger partial charge in [-0.05, 0) is 0 Å². The van der Waals surface area contributed by atoms with Crippen LogP contribution in [0.3, 0.4) is 0 Å². The lowest BCUT2D eigenvalue weighted by Gasteiger charge is -2.40. The molecule has 5 nitrogen and oxygen atoms in total.